The Balaban J connectivity index is 1.62. The zero-order chi connectivity index (χ0) is 12.9. The summed E-state index contributed by atoms with van der Waals surface area (Å²) in [4.78, 5) is 8.74. The van der Waals surface area contributed by atoms with Gasteiger partial charge in [0.25, 0.3) is 0 Å². The van der Waals surface area contributed by atoms with Crippen LogP contribution in [0, 0.1) is 0 Å². The van der Waals surface area contributed by atoms with Gasteiger partial charge in [-0.05, 0) is 43.7 Å². The van der Waals surface area contributed by atoms with Gasteiger partial charge < -0.3 is 10.6 Å². The normalized spacial score (nSPS) is 18.4. The second-order valence-corrected chi connectivity index (χ2v) is 4.82. The standard InChI is InChI=1S/C15H18N4/c1-2-8-17-14(5-1)15-7-6-13(11-19-15)18-10-12-4-3-9-16-12/h1-2,5-8,11-12,16,18H,3-4,9-10H2. The van der Waals surface area contributed by atoms with Crippen LogP contribution in [0.2, 0.25) is 0 Å². The van der Waals surface area contributed by atoms with Crippen molar-refractivity contribution >= 4 is 5.69 Å². The van der Waals surface area contributed by atoms with E-state index in [1.165, 1.54) is 12.8 Å². The topological polar surface area (TPSA) is 49.8 Å². The van der Waals surface area contributed by atoms with Crippen molar-refractivity contribution in [1.82, 2.24) is 15.3 Å². The maximum Gasteiger partial charge on any atom is 0.0887 e. The lowest BCUT2D eigenvalue weighted by Crippen LogP contribution is -2.29. The highest BCUT2D eigenvalue weighted by Crippen LogP contribution is 2.16. The fourth-order valence-corrected chi connectivity index (χ4v) is 2.34. The third kappa shape index (κ3) is 3.09. The summed E-state index contributed by atoms with van der Waals surface area (Å²) in [7, 11) is 0. The van der Waals surface area contributed by atoms with Gasteiger partial charge in [-0.25, -0.2) is 0 Å². The fraction of sp³-hybridized carbons (Fsp3) is 0.333. The number of nitrogens with one attached hydrogen (secondary N) is 2. The zero-order valence-electron chi connectivity index (χ0n) is 10.8. The Hall–Kier alpha value is -1.94. The van der Waals surface area contributed by atoms with E-state index in [9.17, 15) is 0 Å². The van der Waals surface area contributed by atoms with Gasteiger partial charge in [0.2, 0.25) is 0 Å². The first-order valence-corrected chi connectivity index (χ1v) is 6.76. The largest absolute Gasteiger partial charge is 0.382 e. The number of aromatic nitrogens is 2. The van der Waals surface area contributed by atoms with Gasteiger partial charge in [0, 0.05) is 18.8 Å². The van der Waals surface area contributed by atoms with Gasteiger partial charge in [-0.1, -0.05) is 6.07 Å². The molecule has 0 amide bonds. The molecule has 3 heterocycles. The SMILES string of the molecule is c1ccc(-c2ccc(NCC3CCCN3)cn2)nc1. The van der Waals surface area contributed by atoms with E-state index in [1.807, 2.05) is 30.5 Å². The van der Waals surface area contributed by atoms with Gasteiger partial charge in [-0.2, -0.15) is 0 Å². The molecule has 0 radical (unpaired) electrons. The van der Waals surface area contributed by atoms with Crippen LogP contribution in [0.1, 0.15) is 12.8 Å². The van der Waals surface area contributed by atoms with Crippen molar-refractivity contribution in [2.24, 2.45) is 0 Å². The summed E-state index contributed by atoms with van der Waals surface area (Å²) >= 11 is 0. The molecule has 2 aromatic heterocycles. The minimum atomic E-state index is 0.593. The Morgan fingerprint density at radius 2 is 2.11 bits per heavy atom. The molecular formula is C15H18N4. The molecule has 1 saturated heterocycles. The number of anilines is 1. The molecule has 0 spiro atoms. The minimum Gasteiger partial charge on any atom is -0.382 e. The lowest BCUT2D eigenvalue weighted by molar-refractivity contribution is 0.633. The van der Waals surface area contributed by atoms with Crippen molar-refractivity contribution < 1.29 is 0 Å². The minimum absolute atomic E-state index is 0.593. The molecule has 1 fully saturated rings. The lowest BCUT2D eigenvalue weighted by atomic mass is 10.2. The Labute approximate surface area is 113 Å². The molecule has 0 saturated carbocycles. The second kappa shape index (κ2) is 5.80. The highest BCUT2D eigenvalue weighted by molar-refractivity contribution is 5.56. The number of pyridine rings is 2. The van der Waals surface area contributed by atoms with Crippen LogP contribution >= 0.6 is 0 Å². The molecular weight excluding hydrogens is 236 g/mol. The Kier molecular flexibility index (Phi) is 3.70. The van der Waals surface area contributed by atoms with Gasteiger partial charge in [0.05, 0.1) is 23.3 Å². The molecule has 0 bridgehead atoms. The quantitative estimate of drug-likeness (QED) is 0.879. The fourth-order valence-electron chi connectivity index (χ4n) is 2.34. The Bertz CT molecular complexity index is 503. The van der Waals surface area contributed by atoms with Crippen molar-refractivity contribution in [1.29, 1.82) is 0 Å². The molecule has 1 atom stereocenters. The summed E-state index contributed by atoms with van der Waals surface area (Å²) in [6.07, 6.45) is 6.20. The first-order chi connectivity index (χ1) is 9.42. The van der Waals surface area contributed by atoms with Crippen molar-refractivity contribution in [3.8, 4) is 11.4 Å². The molecule has 4 nitrogen and oxygen atoms in total. The number of hydrogen-bond donors (Lipinski definition) is 2. The molecule has 2 aromatic rings. The maximum absolute atomic E-state index is 4.45. The van der Waals surface area contributed by atoms with E-state index in [1.54, 1.807) is 6.20 Å². The molecule has 1 aliphatic heterocycles. The van der Waals surface area contributed by atoms with Crippen molar-refractivity contribution in [2.45, 2.75) is 18.9 Å². The van der Waals surface area contributed by atoms with E-state index in [0.717, 1.165) is 30.2 Å². The van der Waals surface area contributed by atoms with Crippen molar-refractivity contribution in [3.63, 3.8) is 0 Å². The summed E-state index contributed by atoms with van der Waals surface area (Å²) in [5.41, 5.74) is 2.88. The van der Waals surface area contributed by atoms with Gasteiger partial charge in [0.1, 0.15) is 0 Å². The molecule has 0 aromatic carbocycles. The zero-order valence-corrected chi connectivity index (χ0v) is 10.8. The summed E-state index contributed by atoms with van der Waals surface area (Å²) in [5, 5.41) is 6.89. The summed E-state index contributed by atoms with van der Waals surface area (Å²) in [6.45, 7) is 2.10. The van der Waals surface area contributed by atoms with Gasteiger partial charge in [-0.3, -0.25) is 9.97 Å². The third-order valence-electron chi connectivity index (χ3n) is 3.41. The average Bonchev–Trinajstić information content (AvgIpc) is 3.00. The van der Waals surface area contributed by atoms with E-state index < -0.39 is 0 Å². The molecule has 0 aliphatic carbocycles. The average molecular weight is 254 g/mol. The first-order valence-electron chi connectivity index (χ1n) is 6.76. The monoisotopic (exact) mass is 254 g/mol. The predicted octanol–water partition coefficient (Wildman–Crippen LogP) is 2.31. The van der Waals surface area contributed by atoms with E-state index >= 15 is 0 Å². The van der Waals surface area contributed by atoms with Crippen LogP contribution in [0.3, 0.4) is 0 Å². The number of nitrogens with zero attached hydrogens (tertiary/aromatic N) is 2. The van der Waals surface area contributed by atoms with E-state index in [2.05, 4.69) is 26.7 Å². The predicted molar refractivity (Wildman–Crippen MR) is 77.0 cm³/mol. The second-order valence-electron chi connectivity index (χ2n) is 4.82. The summed E-state index contributed by atoms with van der Waals surface area (Å²) in [6, 6.07) is 10.5. The molecule has 19 heavy (non-hydrogen) atoms. The van der Waals surface area contributed by atoms with Gasteiger partial charge in [0.15, 0.2) is 0 Å². The summed E-state index contributed by atoms with van der Waals surface area (Å²) in [5.74, 6) is 0. The number of rotatable bonds is 4. The lowest BCUT2D eigenvalue weighted by Gasteiger charge is -2.12. The molecule has 98 valence electrons. The van der Waals surface area contributed by atoms with Crippen molar-refractivity contribution in [3.05, 3.63) is 42.7 Å². The first kappa shape index (κ1) is 12.1. The summed E-state index contributed by atoms with van der Waals surface area (Å²) < 4.78 is 0. The molecule has 4 heteroatoms. The Morgan fingerprint density at radius 3 is 2.79 bits per heavy atom. The molecule has 1 aliphatic rings. The number of hydrogen-bond acceptors (Lipinski definition) is 4. The van der Waals surface area contributed by atoms with Crippen LogP contribution in [0.4, 0.5) is 5.69 Å². The smallest absolute Gasteiger partial charge is 0.0887 e. The van der Waals surface area contributed by atoms with Crippen LogP contribution in [0.5, 0.6) is 0 Å². The van der Waals surface area contributed by atoms with Gasteiger partial charge >= 0.3 is 0 Å². The van der Waals surface area contributed by atoms with Gasteiger partial charge in [-0.15, -0.1) is 0 Å². The molecule has 2 N–H and O–H groups in total. The Morgan fingerprint density at radius 1 is 1.16 bits per heavy atom. The highest BCUT2D eigenvalue weighted by Gasteiger charge is 2.13. The van der Waals surface area contributed by atoms with Crippen LogP contribution < -0.4 is 10.6 Å². The third-order valence-corrected chi connectivity index (χ3v) is 3.41. The molecule has 1 unspecified atom stereocenters. The van der Waals surface area contributed by atoms with Crippen LogP contribution in [0.15, 0.2) is 42.7 Å². The van der Waals surface area contributed by atoms with Crippen LogP contribution in [-0.4, -0.2) is 29.1 Å². The van der Waals surface area contributed by atoms with E-state index in [0.29, 0.717) is 6.04 Å². The van der Waals surface area contributed by atoms with E-state index in [4.69, 9.17) is 0 Å². The maximum atomic E-state index is 4.45. The molecule has 3 rings (SSSR count). The van der Waals surface area contributed by atoms with Crippen molar-refractivity contribution in [2.75, 3.05) is 18.4 Å². The van der Waals surface area contributed by atoms with E-state index in [-0.39, 0.29) is 0 Å². The van der Waals surface area contributed by atoms with Crippen LogP contribution in [0.25, 0.3) is 11.4 Å². The van der Waals surface area contributed by atoms with Crippen LogP contribution in [-0.2, 0) is 0 Å². The highest BCUT2D eigenvalue weighted by atomic mass is 15.0.